The molecule has 1 aliphatic heterocycles. The quantitative estimate of drug-likeness (QED) is 0.298. The second-order valence-corrected chi connectivity index (χ2v) is 10.2. The molecule has 1 saturated heterocycles. The van der Waals surface area contributed by atoms with Crippen molar-refractivity contribution in [2.75, 3.05) is 31.5 Å². The number of rotatable bonds is 9. The van der Waals surface area contributed by atoms with E-state index in [-0.39, 0.29) is 0 Å². The van der Waals surface area contributed by atoms with Crippen LogP contribution in [-0.4, -0.2) is 52.0 Å². The van der Waals surface area contributed by atoms with Crippen molar-refractivity contribution in [1.29, 1.82) is 0 Å². The molecular weight excluding hydrogens is 466 g/mol. The van der Waals surface area contributed by atoms with Gasteiger partial charge in [-0.3, -0.25) is 14.9 Å². The SMILES string of the molecule is Cc1ccc(CN(Cc2ccncc2)C2CCN(CCNc3ccnc4cc(Cl)ccc34)CC2)cc1. The number of anilines is 1. The molecule has 0 unspecified atom stereocenters. The number of hydrogen-bond donors (Lipinski definition) is 1. The number of piperidine rings is 1. The van der Waals surface area contributed by atoms with Gasteiger partial charge >= 0.3 is 0 Å². The maximum Gasteiger partial charge on any atom is 0.0737 e. The van der Waals surface area contributed by atoms with Crippen molar-refractivity contribution in [2.24, 2.45) is 0 Å². The van der Waals surface area contributed by atoms with Crippen LogP contribution in [0.3, 0.4) is 0 Å². The molecule has 1 aliphatic rings. The van der Waals surface area contributed by atoms with Crippen molar-refractivity contribution < 1.29 is 0 Å². The van der Waals surface area contributed by atoms with E-state index in [1.165, 1.54) is 29.5 Å². The molecule has 0 atom stereocenters. The molecule has 2 aromatic heterocycles. The Morgan fingerprint density at radius 3 is 2.39 bits per heavy atom. The summed E-state index contributed by atoms with van der Waals surface area (Å²) in [6.07, 6.45) is 8.02. The number of likely N-dealkylation sites (tertiary alicyclic amines) is 1. The fraction of sp³-hybridized carbons (Fsp3) is 0.333. The highest BCUT2D eigenvalue weighted by Gasteiger charge is 2.25. The van der Waals surface area contributed by atoms with E-state index in [9.17, 15) is 0 Å². The normalized spacial score (nSPS) is 15.0. The van der Waals surface area contributed by atoms with Gasteiger partial charge in [-0.2, -0.15) is 0 Å². The minimum Gasteiger partial charge on any atom is -0.383 e. The summed E-state index contributed by atoms with van der Waals surface area (Å²) in [5, 5.41) is 5.45. The maximum absolute atomic E-state index is 6.13. The molecule has 0 amide bonds. The highest BCUT2D eigenvalue weighted by Crippen LogP contribution is 2.25. The molecule has 0 radical (unpaired) electrons. The van der Waals surface area contributed by atoms with Gasteiger partial charge < -0.3 is 10.2 Å². The second kappa shape index (κ2) is 11.8. The first-order valence-corrected chi connectivity index (χ1v) is 13.2. The second-order valence-electron chi connectivity index (χ2n) is 9.77. The zero-order valence-electron chi connectivity index (χ0n) is 20.9. The van der Waals surface area contributed by atoms with Gasteiger partial charge in [-0.25, -0.2) is 0 Å². The average Bonchev–Trinajstić information content (AvgIpc) is 2.90. The first-order chi connectivity index (χ1) is 17.6. The van der Waals surface area contributed by atoms with Gasteiger partial charge in [0, 0.05) is 66.9 Å². The summed E-state index contributed by atoms with van der Waals surface area (Å²) in [6, 6.07) is 21.8. The number of benzene rings is 2. The molecule has 36 heavy (non-hydrogen) atoms. The van der Waals surface area contributed by atoms with E-state index >= 15 is 0 Å². The van der Waals surface area contributed by atoms with Crippen molar-refractivity contribution in [2.45, 2.75) is 38.9 Å². The number of aryl methyl sites for hydroxylation is 1. The van der Waals surface area contributed by atoms with Crippen molar-refractivity contribution in [3.63, 3.8) is 0 Å². The third-order valence-corrected chi connectivity index (χ3v) is 7.40. The highest BCUT2D eigenvalue weighted by atomic mass is 35.5. The molecule has 5 rings (SSSR count). The maximum atomic E-state index is 6.13. The van der Waals surface area contributed by atoms with E-state index < -0.39 is 0 Å². The zero-order chi connectivity index (χ0) is 24.7. The van der Waals surface area contributed by atoms with Crippen LogP contribution in [0.1, 0.15) is 29.5 Å². The molecule has 0 aliphatic carbocycles. The van der Waals surface area contributed by atoms with Crippen LogP contribution in [0.2, 0.25) is 5.02 Å². The van der Waals surface area contributed by atoms with Gasteiger partial charge in [-0.15, -0.1) is 0 Å². The summed E-state index contributed by atoms with van der Waals surface area (Å²) in [5.41, 5.74) is 6.07. The van der Waals surface area contributed by atoms with Crippen molar-refractivity contribution in [3.8, 4) is 0 Å². The number of fused-ring (bicyclic) bond motifs is 1. The van der Waals surface area contributed by atoms with E-state index in [1.807, 2.05) is 42.9 Å². The van der Waals surface area contributed by atoms with Crippen LogP contribution < -0.4 is 5.32 Å². The molecule has 4 aromatic rings. The molecule has 0 bridgehead atoms. The van der Waals surface area contributed by atoms with Gasteiger partial charge in [0.2, 0.25) is 0 Å². The lowest BCUT2D eigenvalue weighted by atomic mass is 10.0. The molecule has 186 valence electrons. The van der Waals surface area contributed by atoms with E-state index in [2.05, 4.69) is 68.4 Å². The molecule has 5 nitrogen and oxygen atoms in total. The van der Waals surface area contributed by atoms with Crippen molar-refractivity contribution in [3.05, 3.63) is 101 Å². The summed E-state index contributed by atoms with van der Waals surface area (Å²) in [4.78, 5) is 13.9. The lowest BCUT2D eigenvalue weighted by Gasteiger charge is -2.39. The first kappa shape index (κ1) is 24.7. The molecule has 1 N–H and O–H groups in total. The Balaban J connectivity index is 1.16. The van der Waals surface area contributed by atoms with Crippen LogP contribution in [-0.2, 0) is 13.1 Å². The van der Waals surface area contributed by atoms with E-state index in [1.54, 1.807) is 0 Å². The zero-order valence-corrected chi connectivity index (χ0v) is 21.7. The number of halogens is 1. The Hall–Kier alpha value is -2.99. The minimum absolute atomic E-state index is 0.581. The van der Waals surface area contributed by atoms with E-state index in [0.29, 0.717) is 6.04 Å². The van der Waals surface area contributed by atoms with Gasteiger partial charge in [0.15, 0.2) is 0 Å². The average molecular weight is 500 g/mol. The molecule has 6 heteroatoms. The third-order valence-electron chi connectivity index (χ3n) is 7.16. The van der Waals surface area contributed by atoms with Crippen LogP contribution in [0, 0.1) is 6.92 Å². The fourth-order valence-electron chi connectivity index (χ4n) is 5.10. The van der Waals surface area contributed by atoms with Crippen LogP contribution in [0.4, 0.5) is 5.69 Å². The highest BCUT2D eigenvalue weighted by molar-refractivity contribution is 6.31. The Morgan fingerprint density at radius 1 is 0.917 bits per heavy atom. The molecule has 0 saturated carbocycles. The Bertz CT molecular complexity index is 1250. The van der Waals surface area contributed by atoms with Gasteiger partial charge in [-0.1, -0.05) is 41.4 Å². The predicted molar refractivity (Wildman–Crippen MR) is 149 cm³/mol. The van der Waals surface area contributed by atoms with Crippen LogP contribution in [0.15, 0.2) is 79.3 Å². The smallest absolute Gasteiger partial charge is 0.0737 e. The van der Waals surface area contributed by atoms with Crippen LogP contribution >= 0.6 is 11.6 Å². The van der Waals surface area contributed by atoms with Crippen LogP contribution in [0.5, 0.6) is 0 Å². The number of hydrogen-bond acceptors (Lipinski definition) is 5. The van der Waals surface area contributed by atoms with Gasteiger partial charge in [0.05, 0.1) is 5.52 Å². The molecule has 1 fully saturated rings. The van der Waals surface area contributed by atoms with Crippen LogP contribution in [0.25, 0.3) is 10.9 Å². The molecular formula is C30H34ClN5. The van der Waals surface area contributed by atoms with Crippen molar-refractivity contribution in [1.82, 2.24) is 19.8 Å². The van der Waals surface area contributed by atoms with Crippen molar-refractivity contribution >= 4 is 28.2 Å². The first-order valence-electron chi connectivity index (χ1n) is 12.8. The summed E-state index contributed by atoms with van der Waals surface area (Å²) >= 11 is 6.13. The number of nitrogens with zero attached hydrogens (tertiary/aromatic N) is 4. The number of nitrogens with one attached hydrogen (secondary N) is 1. The Kier molecular flexibility index (Phi) is 8.11. The minimum atomic E-state index is 0.581. The number of aromatic nitrogens is 2. The molecule has 2 aromatic carbocycles. The summed E-state index contributed by atoms with van der Waals surface area (Å²) in [5.74, 6) is 0. The summed E-state index contributed by atoms with van der Waals surface area (Å²) in [7, 11) is 0. The summed E-state index contributed by atoms with van der Waals surface area (Å²) in [6.45, 7) is 8.29. The van der Waals surface area contributed by atoms with E-state index in [4.69, 9.17) is 11.6 Å². The lowest BCUT2D eigenvalue weighted by molar-refractivity contribution is 0.0984. The molecule has 0 spiro atoms. The monoisotopic (exact) mass is 499 g/mol. The predicted octanol–water partition coefficient (Wildman–Crippen LogP) is 6.17. The lowest BCUT2D eigenvalue weighted by Crippen LogP contribution is -2.45. The third kappa shape index (κ3) is 6.41. The van der Waals surface area contributed by atoms with Gasteiger partial charge in [0.25, 0.3) is 0 Å². The summed E-state index contributed by atoms with van der Waals surface area (Å²) < 4.78 is 0. The molecule has 3 heterocycles. The Labute approximate surface area is 219 Å². The fourth-order valence-corrected chi connectivity index (χ4v) is 5.26. The number of pyridine rings is 2. The Morgan fingerprint density at radius 2 is 1.64 bits per heavy atom. The standard InChI is InChI=1S/C30H34ClN5/c1-23-2-4-24(5-3-23)21-36(22-25-8-13-32-14-9-25)27-11-17-35(18-12-27)19-16-34-29-10-15-33-30-20-26(31)6-7-28(29)30/h2-10,13-15,20,27H,11-12,16-19,21-22H2,1H3,(H,33,34). The topological polar surface area (TPSA) is 44.3 Å². The largest absolute Gasteiger partial charge is 0.383 e. The van der Waals surface area contributed by atoms with Gasteiger partial charge in [-0.05, 0) is 80.4 Å². The van der Waals surface area contributed by atoms with E-state index in [0.717, 1.165) is 60.9 Å². The van der Waals surface area contributed by atoms with Gasteiger partial charge in [0.1, 0.15) is 0 Å².